The van der Waals surface area contributed by atoms with Crippen LogP contribution < -0.4 is 5.32 Å². The fourth-order valence-corrected chi connectivity index (χ4v) is 2.40. The quantitative estimate of drug-likeness (QED) is 0.827. The molecule has 0 aromatic heterocycles. The van der Waals surface area contributed by atoms with Crippen LogP contribution in [0.15, 0.2) is 28.7 Å². The minimum Gasteiger partial charge on any atom is -0.374 e. The van der Waals surface area contributed by atoms with E-state index in [-0.39, 0.29) is 5.60 Å². The third-order valence-corrected chi connectivity index (χ3v) is 3.69. The number of nitrogens with one attached hydrogen (secondary N) is 1. The normalized spacial score (nSPS) is 13.6. The molecule has 0 saturated heterocycles. The maximum atomic E-state index is 5.87. The van der Waals surface area contributed by atoms with E-state index < -0.39 is 0 Å². The van der Waals surface area contributed by atoms with E-state index in [2.05, 4.69) is 66.3 Å². The Morgan fingerprint density at radius 1 is 1.22 bits per heavy atom. The van der Waals surface area contributed by atoms with Crippen LogP contribution in [-0.4, -0.2) is 24.8 Å². The van der Waals surface area contributed by atoms with E-state index in [1.54, 1.807) is 0 Å². The number of hydrogen-bond acceptors (Lipinski definition) is 2. The van der Waals surface area contributed by atoms with Gasteiger partial charge in [0.2, 0.25) is 0 Å². The van der Waals surface area contributed by atoms with E-state index in [9.17, 15) is 0 Å². The van der Waals surface area contributed by atoms with Crippen molar-refractivity contribution >= 4 is 15.9 Å². The first-order chi connectivity index (χ1) is 8.49. The second kappa shape index (κ2) is 7.27. The summed E-state index contributed by atoms with van der Waals surface area (Å²) in [4.78, 5) is 0. The summed E-state index contributed by atoms with van der Waals surface area (Å²) in [6.45, 7) is 10.2. The Hall–Kier alpha value is -0.380. The summed E-state index contributed by atoms with van der Waals surface area (Å²) in [5, 5.41) is 3.53. The van der Waals surface area contributed by atoms with Crippen LogP contribution in [0.3, 0.4) is 0 Å². The van der Waals surface area contributed by atoms with Gasteiger partial charge in [0, 0.05) is 17.1 Å². The lowest BCUT2D eigenvalue weighted by Crippen LogP contribution is -2.50. The third-order valence-electron chi connectivity index (χ3n) is 3.16. The van der Waals surface area contributed by atoms with E-state index in [1.807, 2.05) is 6.92 Å². The van der Waals surface area contributed by atoms with Crippen molar-refractivity contribution in [1.82, 2.24) is 5.32 Å². The molecule has 0 fully saturated rings. The monoisotopic (exact) mass is 313 g/mol. The molecule has 1 atom stereocenters. The fourth-order valence-electron chi connectivity index (χ4n) is 2.14. The minimum atomic E-state index is -0.155. The van der Waals surface area contributed by atoms with Crippen molar-refractivity contribution in [2.75, 3.05) is 13.2 Å². The van der Waals surface area contributed by atoms with E-state index >= 15 is 0 Å². The van der Waals surface area contributed by atoms with E-state index in [1.165, 1.54) is 5.56 Å². The first kappa shape index (κ1) is 15.7. The summed E-state index contributed by atoms with van der Waals surface area (Å²) < 4.78 is 6.99. The first-order valence-corrected chi connectivity index (χ1v) is 7.40. The lowest BCUT2D eigenvalue weighted by Gasteiger charge is -2.35. The molecule has 3 heteroatoms. The summed E-state index contributed by atoms with van der Waals surface area (Å²) in [5.74, 6) is 0. The van der Waals surface area contributed by atoms with Crippen molar-refractivity contribution in [3.63, 3.8) is 0 Å². The number of likely N-dealkylation sites (N-methyl/N-ethyl adjacent to an activating group) is 1. The van der Waals surface area contributed by atoms with Crippen LogP contribution in [0.4, 0.5) is 0 Å². The molecule has 0 radical (unpaired) electrons. The maximum absolute atomic E-state index is 5.87. The molecule has 0 aliphatic heterocycles. The van der Waals surface area contributed by atoms with Crippen molar-refractivity contribution in [1.29, 1.82) is 0 Å². The summed E-state index contributed by atoms with van der Waals surface area (Å²) >= 11 is 3.47. The van der Waals surface area contributed by atoms with Gasteiger partial charge >= 0.3 is 0 Å². The van der Waals surface area contributed by atoms with Crippen LogP contribution in [-0.2, 0) is 11.2 Å². The molecular weight excluding hydrogens is 290 g/mol. The SMILES string of the molecule is CCNC(Cc1ccc(Br)cc1)C(C)(C)OCC. The zero-order chi connectivity index (χ0) is 13.6. The van der Waals surface area contributed by atoms with Crippen molar-refractivity contribution in [2.45, 2.75) is 45.8 Å². The Morgan fingerprint density at radius 2 is 1.83 bits per heavy atom. The molecule has 1 rings (SSSR count). The smallest absolute Gasteiger partial charge is 0.0781 e. The second-order valence-electron chi connectivity index (χ2n) is 4.98. The molecule has 18 heavy (non-hydrogen) atoms. The fraction of sp³-hybridized carbons (Fsp3) is 0.600. The molecule has 0 aliphatic carbocycles. The molecule has 1 aromatic rings. The zero-order valence-electron chi connectivity index (χ0n) is 11.8. The summed E-state index contributed by atoms with van der Waals surface area (Å²) in [5.41, 5.74) is 1.18. The van der Waals surface area contributed by atoms with Crippen LogP contribution >= 0.6 is 15.9 Å². The zero-order valence-corrected chi connectivity index (χ0v) is 13.4. The van der Waals surface area contributed by atoms with Gasteiger partial charge in [-0.15, -0.1) is 0 Å². The molecule has 102 valence electrons. The topological polar surface area (TPSA) is 21.3 Å². The Morgan fingerprint density at radius 3 is 2.33 bits per heavy atom. The van der Waals surface area contributed by atoms with E-state index in [4.69, 9.17) is 4.74 Å². The van der Waals surface area contributed by atoms with Crippen molar-refractivity contribution < 1.29 is 4.74 Å². The van der Waals surface area contributed by atoms with Crippen LogP contribution in [0.1, 0.15) is 33.3 Å². The molecule has 0 spiro atoms. The molecule has 0 amide bonds. The number of benzene rings is 1. The van der Waals surface area contributed by atoms with Gasteiger partial charge in [-0.1, -0.05) is 35.0 Å². The lowest BCUT2D eigenvalue weighted by atomic mass is 9.92. The number of halogens is 1. The van der Waals surface area contributed by atoms with Gasteiger partial charge in [0.1, 0.15) is 0 Å². The Kier molecular flexibility index (Phi) is 6.33. The second-order valence-corrected chi connectivity index (χ2v) is 5.89. The lowest BCUT2D eigenvalue weighted by molar-refractivity contribution is -0.0376. The van der Waals surface area contributed by atoms with Gasteiger partial charge in [-0.3, -0.25) is 0 Å². The van der Waals surface area contributed by atoms with Crippen molar-refractivity contribution in [2.24, 2.45) is 0 Å². The summed E-state index contributed by atoms with van der Waals surface area (Å²) in [6, 6.07) is 8.83. The molecule has 0 aliphatic rings. The van der Waals surface area contributed by atoms with Crippen LogP contribution in [0.5, 0.6) is 0 Å². The van der Waals surface area contributed by atoms with Gasteiger partial charge < -0.3 is 10.1 Å². The van der Waals surface area contributed by atoms with Gasteiger partial charge in [0.25, 0.3) is 0 Å². The van der Waals surface area contributed by atoms with Crippen molar-refractivity contribution in [3.05, 3.63) is 34.3 Å². The predicted octanol–water partition coefficient (Wildman–Crippen LogP) is 3.78. The van der Waals surface area contributed by atoms with E-state index in [0.29, 0.717) is 6.04 Å². The number of ether oxygens (including phenoxy) is 1. The standard InChI is InChI=1S/C15H24BrNO/c1-5-17-14(15(3,4)18-6-2)11-12-7-9-13(16)10-8-12/h7-10,14,17H,5-6,11H2,1-4H3. The number of rotatable bonds is 7. The van der Waals surface area contributed by atoms with Crippen LogP contribution in [0, 0.1) is 0 Å². The molecule has 1 N–H and O–H groups in total. The number of hydrogen-bond donors (Lipinski definition) is 1. The molecule has 0 saturated carbocycles. The molecule has 0 heterocycles. The van der Waals surface area contributed by atoms with Gasteiger partial charge in [-0.05, 0) is 51.4 Å². The predicted molar refractivity (Wildman–Crippen MR) is 81.0 cm³/mol. The average Bonchev–Trinajstić information content (AvgIpc) is 2.31. The highest BCUT2D eigenvalue weighted by Crippen LogP contribution is 2.20. The first-order valence-electron chi connectivity index (χ1n) is 6.61. The molecule has 1 unspecified atom stereocenters. The molecule has 1 aromatic carbocycles. The van der Waals surface area contributed by atoms with Crippen molar-refractivity contribution in [3.8, 4) is 0 Å². The summed E-state index contributed by atoms with van der Waals surface area (Å²) in [7, 11) is 0. The minimum absolute atomic E-state index is 0.155. The molecule has 2 nitrogen and oxygen atoms in total. The largest absolute Gasteiger partial charge is 0.374 e. The molecule has 0 bridgehead atoms. The highest BCUT2D eigenvalue weighted by Gasteiger charge is 2.29. The van der Waals surface area contributed by atoms with Gasteiger partial charge in [-0.2, -0.15) is 0 Å². The Bertz CT molecular complexity index is 348. The summed E-state index contributed by atoms with van der Waals surface area (Å²) in [6.07, 6.45) is 0.980. The highest BCUT2D eigenvalue weighted by atomic mass is 79.9. The highest BCUT2D eigenvalue weighted by molar-refractivity contribution is 9.10. The third kappa shape index (κ3) is 4.71. The van der Waals surface area contributed by atoms with Gasteiger partial charge in [-0.25, -0.2) is 0 Å². The van der Waals surface area contributed by atoms with Crippen LogP contribution in [0.2, 0.25) is 0 Å². The average molecular weight is 314 g/mol. The maximum Gasteiger partial charge on any atom is 0.0781 e. The van der Waals surface area contributed by atoms with Gasteiger partial charge in [0.05, 0.1) is 5.60 Å². The Balaban J connectivity index is 2.76. The van der Waals surface area contributed by atoms with Crippen LogP contribution in [0.25, 0.3) is 0 Å². The Labute approximate surface area is 119 Å². The van der Waals surface area contributed by atoms with E-state index in [0.717, 1.165) is 24.0 Å². The molecular formula is C15H24BrNO. The van der Waals surface area contributed by atoms with Gasteiger partial charge in [0.15, 0.2) is 0 Å².